The van der Waals surface area contributed by atoms with Crippen LogP contribution in [0, 0.1) is 5.92 Å². The first-order chi connectivity index (χ1) is 8.16. The van der Waals surface area contributed by atoms with Gasteiger partial charge < -0.3 is 0 Å². The summed E-state index contributed by atoms with van der Waals surface area (Å²) < 4.78 is 0.998. The lowest BCUT2D eigenvalue weighted by Crippen LogP contribution is -2.06. The first-order valence-corrected chi connectivity index (χ1v) is 8.68. The van der Waals surface area contributed by atoms with E-state index in [-0.39, 0.29) is 5.38 Å². The topological polar surface area (TPSA) is 0 Å². The average Bonchev–Trinajstić information content (AvgIpc) is 2.68. The number of halogens is 3. The van der Waals surface area contributed by atoms with E-state index in [2.05, 4.69) is 15.9 Å². The van der Waals surface area contributed by atoms with Gasteiger partial charge in [0.15, 0.2) is 0 Å². The molecule has 1 atom stereocenters. The third kappa shape index (κ3) is 4.12. The normalized spacial score (nSPS) is 19.5. The largest absolute Gasteiger partial charge is 0.130 e. The SMILES string of the molecule is Clc1cc(C(Cl)CCC2CCCCC2)sc1Br. The van der Waals surface area contributed by atoms with Crippen molar-refractivity contribution in [2.75, 3.05) is 0 Å². The maximum atomic E-state index is 6.44. The van der Waals surface area contributed by atoms with E-state index in [0.29, 0.717) is 0 Å². The van der Waals surface area contributed by atoms with E-state index < -0.39 is 0 Å². The molecule has 96 valence electrons. The smallest absolute Gasteiger partial charge is 0.0887 e. The quantitative estimate of drug-likeness (QED) is 0.520. The molecule has 1 saturated carbocycles. The molecular formula is C13H17BrCl2S. The molecule has 0 amide bonds. The summed E-state index contributed by atoms with van der Waals surface area (Å²) in [7, 11) is 0. The second-order valence-corrected chi connectivity index (χ2v) is 8.16. The molecule has 17 heavy (non-hydrogen) atoms. The van der Waals surface area contributed by atoms with Gasteiger partial charge in [0.2, 0.25) is 0 Å². The number of alkyl halides is 1. The van der Waals surface area contributed by atoms with Crippen LogP contribution >= 0.6 is 50.5 Å². The molecule has 0 nitrogen and oxygen atoms in total. The standard InChI is InChI=1S/C13H17BrCl2S/c14-13-11(16)8-12(17-13)10(15)7-6-9-4-2-1-3-5-9/h8-10H,1-7H2. The predicted molar refractivity (Wildman–Crippen MR) is 81.4 cm³/mol. The van der Waals surface area contributed by atoms with Crippen molar-refractivity contribution in [2.24, 2.45) is 5.92 Å². The van der Waals surface area contributed by atoms with Gasteiger partial charge in [0.1, 0.15) is 0 Å². The van der Waals surface area contributed by atoms with Crippen LogP contribution in [0.4, 0.5) is 0 Å². The molecule has 1 aromatic rings. The van der Waals surface area contributed by atoms with Gasteiger partial charge in [-0.2, -0.15) is 0 Å². The third-order valence-electron chi connectivity index (χ3n) is 3.53. The van der Waals surface area contributed by atoms with Crippen LogP contribution in [0.2, 0.25) is 5.02 Å². The van der Waals surface area contributed by atoms with Crippen molar-refractivity contribution in [2.45, 2.75) is 50.3 Å². The summed E-state index contributed by atoms with van der Waals surface area (Å²) >= 11 is 17.6. The van der Waals surface area contributed by atoms with E-state index in [4.69, 9.17) is 23.2 Å². The van der Waals surface area contributed by atoms with Crippen LogP contribution in [0.5, 0.6) is 0 Å². The van der Waals surface area contributed by atoms with Gasteiger partial charge in [-0.15, -0.1) is 22.9 Å². The van der Waals surface area contributed by atoms with Crippen molar-refractivity contribution in [1.82, 2.24) is 0 Å². The van der Waals surface area contributed by atoms with Crippen molar-refractivity contribution in [3.63, 3.8) is 0 Å². The molecule has 0 aliphatic heterocycles. The maximum Gasteiger partial charge on any atom is 0.0887 e. The number of thiophene rings is 1. The Morgan fingerprint density at radius 3 is 2.65 bits per heavy atom. The monoisotopic (exact) mass is 354 g/mol. The summed E-state index contributed by atoms with van der Waals surface area (Å²) in [5.74, 6) is 0.906. The van der Waals surface area contributed by atoms with Crippen molar-refractivity contribution in [3.8, 4) is 0 Å². The minimum absolute atomic E-state index is 0.130. The van der Waals surface area contributed by atoms with Crippen molar-refractivity contribution in [3.05, 3.63) is 19.8 Å². The van der Waals surface area contributed by atoms with Gasteiger partial charge in [-0.1, -0.05) is 43.7 Å². The molecule has 0 spiro atoms. The molecule has 1 heterocycles. The molecule has 1 unspecified atom stereocenters. The Kier molecular flexibility index (Phi) is 5.66. The van der Waals surface area contributed by atoms with Crippen LogP contribution in [0.25, 0.3) is 0 Å². The molecule has 0 radical (unpaired) electrons. The zero-order valence-electron chi connectivity index (χ0n) is 9.72. The molecule has 0 aromatic carbocycles. The fraction of sp³-hybridized carbons (Fsp3) is 0.692. The Balaban J connectivity index is 1.82. The van der Waals surface area contributed by atoms with Crippen LogP contribution in [-0.2, 0) is 0 Å². The summed E-state index contributed by atoms with van der Waals surface area (Å²) in [6, 6.07) is 1.99. The average molecular weight is 356 g/mol. The minimum atomic E-state index is 0.130. The van der Waals surface area contributed by atoms with Crippen molar-refractivity contribution < 1.29 is 0 Å². The van der Waals surface area contributed by atoms with Gasteiger partial charge >= 0.3 is 0 Å². The molecule has 0 N–H and O–H groups in total. The second kappa shape index (κ2) is 6.79. The molecular weight excluding hydrogens is 339 g/mol. The molecule has 0 saturated heterocycles. The van der Waals surface area contributed by atoms with Crippen LogP contribution in [0.15, 0.2) is 9.85 Å². The molecule has 0 bridgehead atoms. The van der Waals surface area contributed by atoms with Gasteiger partial charge in [0, 0.05) is 4.88 Å². The molecule has 1 aliphatic rings. The minimum Gasteiger partial charge on any atom is -0.130 e. The van der Waals surface area contributed by atoms with Gasteiger partial charge in [-0.05, 0) is 40.8 Å². The van der Waals surface area contributed by atoms with Gasteiger partial charge in [0.05, 0.1) is 14.2 Å². The van der Waals surface area contributed by atoms with E-state index in [1.807, 2.05) is 6.07 Å². The maximum absolute atomic E-state index is 6.44. The lowest BCUT2D eigenvalue weighted by atomic mass is 9.86. The Hall–Kier alpha value is 0.760. The summed E-state index contributed by atoms with van der Waals surface area (Å²) in [4.78, 5) is 1.19. The van der Waals surface area contributed by atoms with Crippen molar-refractivity contribution in [1.29, 1.82) is 0 Å². The molecule has 1 aliphatic carbocycles. The molecule has 1 aromatic heterocycles. The Morgan fingerprint density at radius 1 is 1.35 bits per heavy atom. The number of hydrogen-bond donors (Lipinski definition) is 0. The highest BCUT2D eigenvalue weighted by Crippen LogP contribution is 2.40. The lowest BCUT2D eigenvalue weighted by molar-refractivity contribution is 0.331. The summed E-state index contributed by atoms with van der Waals surface area (Å²) in [6.45, 7) is 0. The predicted octanol–water partition coefficient (Wildman–Crippen LogP) is 6.80. The summed E-state index contributed by atoms with van der Waals surface area (Å²) in [5, 5.41) is 0.916. The van der Waals surface area contributed by atoms with E-state index in [1.165, 1.54) is 43.4 Å². The van der Waals surface area contributed by atoms with Crippen LogP contribution in [0.3, 0.4) is 0 Å². The third-order valence-corrected chi connectivity index (χ3v) is 6.70. The van der Waals surface area contributed by atoms with E-state index in [9.17, 15) is 0 Å². The molecule has 1 fully saturated rings. The van der Waals surface area contributed by atoms with E-state index in [1.54, 1.807) is 11.3 Å². The number of rotatable bonds is 4. The molecule has 2 rings (SSSR count). The van der Waals surface area contributed by atoms with Gasteiger partial charge in [-0.25, -0.2) is 0 Å². The zero-order valence-corrected chi connectivity index (χ0v) is 13.6. The van der Waals surface area contributed by atoms with Crippen LogP contribution in [0.1, 0.15) is 55.2 Å². The summed E-state index contributed by atoms with van der Waals surface area (Å²) in [6.07, 6.45) is 9.39. The van der Waals surface area contributed by atoms with Crippen molar-refractivity contribution >= 4 is 50.5 Å². The van der Waals surface area contributed by atoms with Crippen LogP contribution < -0.4 is 0 Å². The summed E-state index contributed by atoms with van der Waals surface area (Å²) in [5.41, 5.74) is 0. The highest BCUT2D eigenvalue weighted by atomic mass is 79.9. The Morgan fingerprint density at radius 2 is 2.06 bits per heavy atom. The van der Waals surface area contributed by atoms with E-state index in [0.717, 1.165) is 21.1 Å². The fourth-order valence-corrected chi connectivity index (χ4v) is 4.60. The fourth-order valence-electron chi connectivity index (χ4n) is 2.52. The Labute approximate surface area is 126 Å². The van der Waals surface area contributed by atoms with Gasteiger partial charge in [0.25, 0.3) is 0 Å². The first-order valence-electron chi connectivity index (χ1n) is 6.25. The van der Waals surface area contributed by atoms with Crippen LogP contribution in [-0.4, -0.2) is 0 Å². The Bertz CT molecular complexity index is 339. The highest BCUT2D eigenvalue weighted by molar-refractivity contribution is 9.11. The lowest BCUT2D eigenvalue weighted by Gasteiger charge is -2.22. The molecule has 4 heteroatoms. The highest BCUT2D eigenvalue weighted by Gasteiger charge is 2.18. The van der Waals surface area contributed by atoms with Gasteiger partial charge in [-0.3, -0.25) is 0 Å². The van der Waals surface area contributed by atoms with E-state index >= 15 is 0 Å². The zero-order chi connectivity index (χ0) is 12.3. The number of hydrogen-bond acceptors (Lipinski definition) is 1. The second-order valence-electron chi connectivity index (χ2n) is 4.82. The first kappa shape index (κ1) is 14.2.